The highest BCUT2D eigenvalue weighted by Crippen LogP contribution is 2.44. The Labute approximate surface area is 174 Å². The van der Waals surface area contributed by atoms with Crippen LogP contribution in [0.1, 0.15) is 28.8 Å². The summed E-state index contributed by atoms with van der Waals surface area (Å²) in [6.45, 7) is 0.132. The minimum absolute atomic E-state index is 0.132. The van der Waals surface area contributed by atoms with E-state index in [1.54, 1.807) is 35.2 Å². The van der Waals surface area contributed by atoms with Crippen molar-refractivity contribution in [2.45, 2.75) is 37.6 Å². The summed E-state index contributed by atoms with van der Waals surface area (Å²) in [6, 6.07) is 17.1. The fraction of sp³-hybridized carbons (Fsp3) is 0.348. The Morgan fingerprint density at radius 1 is 0.933 bits per heavy atom. The van der Waals surface area contributed by atoms with Crippen molar-refractivity contribution in [2.75, 3.05) is 7.11 Å². The lowest BCUT2D eigenvalue weighted by molar-refractivity contribution is -0.150. The quantitative estimate of drug-likeness (QED) is 0.557. The molecule has 0 saturated carbocycles. The molecule has 2 aliphatic rings. The van der Waals surface area contributed by atoms with Crippen LogP contribution in [-0.2, 0) is 25.6 Å². The van der Waals surface area contributed by atoms with Crippen molar-refractivity contribution in [2.24, 2.45) is 5.92 Å². The van der Waals surface area contributed by atoms with Gasteiger partial charge in [-0.15, -0.1) is 0 Å². The van der Waals surface area contributed by atoms with E-state index >= 15 is 0 Å². The Bertz CT molecular complexity index is 916. The molecule has 2 heterocycles. The van der Waals surface area contributed by atoms with Gasteiger partial charge in [0.1, 0.15) is 18.6 Å². The molecule has 7 heteroatoms. The van der Waals surface area contributed by atoms with Gasteiger partial charge in [0.2, 0.25) is 0 Å². The highest BCUT2D eigenvalue weighted by molar-refractivity contribution is 5.90. The number of nitrogens with zero attached hydrogens (tertiary/aromatic N) is 1. The van der Waals surface area contributed by atoms with Gasteiger partial charge in [0.15, 0.2) is 0 Å². The average Bonchev–Trinajstić information content (AvgIpc) is 3.34. The van der Waals surface area contributed by atoms with Crippen LogP contribution in [0.4, 0.5) is 4.79 Å². The molecule has 156 valence electrons. The molecule has 4 rings (SSSR count). The molecule has 0 aromatic heterocycles. The van der Waals surface area contributed by atoms with Crippen molar-refractivity contribution in [3.63, 3.8) is 0 Å². The van der Waals surface area contributed by atoms with Gasteiger partial charge in [0.05, 0.1) is 24.8 Å². The van der Waals surface area contributed by atoms with Crippen LogP contribution in [0.2, 0.25) is 0 Å². The zero-order valence-electron chi connectivity index (χ0n) is 16.6. The van der Waals surface area contributed by atoms with Crippen molar-refractivity contribution >= 4 is 18.0 Å². The van der Waals surface area contributed by atoms with E-state index in [-0.39, 0.29) is 6.61 Å². The molecule has 0 spiro atoms. The van der Waals surface area contributed by atoms with Crippen molar-refractivity contribution < 1.29 is 28.6 Å². The van der Waals surface area contributed by atoms with E-state index in [9.17, 15) is 14.4 Å². The maximum atomic E-state index is 12.8. The van der Waals surface area contributed by atoms with Crippen LogP contribution in [0.3, 0.4) is 0 Å². The van der Waals surface area contributed by atoms with Gasteiger partial charge in [-0.05, 0) is 30.5 Å². The Morgan fingerprint density at radius 3 is 2.23 bits per heavy atom. The second kappa shape index (κ2) is 8.57. The first kappa shape index (κ1) is 19.9. The summed E-state index contributed by atoms with van der Waals surface area (Å²) in [5.74, 6) is -1.75. The summed E-state index contributed by atoms with van der Waals surface area (Å²) in [7, 11) is 1.29. The molecule has 2 aromatic carbocycles. The fourth-order valence-corrected chi connectivity index (χ4v) is 4.41. The van der Waals surface area contributed by atoms with Crippen LogP contribution in [0, 0.1) is 5.92 Å². The SMILES string of the molecule is COC(=O)C1C(OC(=O)c2ccccc2)C2CCC1N2C(=O)OCc1ccccc1. The highest BCUT2D eigenvalue weighted by Gasteiger charge is 2.60. The van der Waals surface area contributed by atoms with Crippen molar-refractivity contribution in [3.05, 3.63) is 71.8 Å². The minimum atomic E-state index is -0.770. The molecule has 2 fully saturated rings. The Balaban J connectivity index is 1.51. The van der Waals surface area contributed by atoms with Gasteiger partial charge in [-0.1, -0.05) is 48.5 Å². The number of carbonyl (C=O) groups is 3. The third-order valence-corrected chi connectivity index (χ3v) is 5.76. The number of methoxy groups -OCH3 is 1. The van der Waals surface area contributed by atoms with Crippen LogP contribution >= 0.6 is 0 Å². The smallest absolute Gasteiger partial charge is 0.410 e. The topological polar surface area (TPSA) is 82.1 Å². The first-order valence-electron chi connectivity index (χ1n) is 9.93. The normalized spacial score (nSPS) is 24.4. The Hall–Kier alpha value is -3.35. The molecule has 4 atom stereocenters. The molecule has 4 unspecified atom stereocenters. The monoisotopic (exact) mass is 409 g/mol. The summed E-state index contributed by atoms with van der Waals surface area (Å²) >= 11 is 0. The molecule has 0 radical (unpaired) electrons. The Kier molecular flexibility index (Phi) is 5.70. The van der Waals surface area contributed by atoms with Crippen molar-refractivity contribution in [3.8, 4) is 0 Å². The van der Waals surface area contributed by atoms with E-state index < -0.39 is 42.1 Å². The van der Waals surface area contributed by atoms with E-state index in [4.69, 9.17) is 14.2 Å². The number of esters is 2. The van der Waals surface area contributed by atoms with Crippen LogP contribution < -0.4 is 0 Å². The number of fused-ring (bicyclic) bond motifs is 2. The molecule has 2 bridgehead atoms. The average molecular weight is 409 g/mol. The minimum Gasteiger partial charge on any atom is -0.469 e. The summed E-state index contributed by atoms with van der Waals surface area (Å²) in [5, 5.41) is 0. The lowest BCUT2D eigenvalue weighted by Gasteiger charge is -2.26. The predicted octanol–water partition coefficient (Wildman–Crippen LogP) is 3.18. The second-order valence-corrected chi connectivity index (χ2v) is 7.44. The third-order valence-electron chi connectivity index (χ3n) is 5.76. The van der Waals surface area contributed by atoms with E-state index in [1.165, 1.54) is 7.11 Å². The summed E-state index contributed by atoms with van der Waals surface area (Å²) in [6.07, 6.45) is -0.0259. The van der Waals surface area contributed by atoms with Crippen molar-refractivity contribution in [1.82, 2.24) is 4.90 Å². The van der Waals surface area contributed by atoms with Crippen LogP contribution in [0.25, 0.3) is 0 Å². The zero-order chi connectivity index (χ0) is 21.1. The predicted molar refractivity (Wildman–Crippen MR) is 106 cm³/mol. The van der Waals surface area contributed by atoms with Crippen LogP contribution in [0.5, 0.6) is 0 Å². The van der Waals surface area contributed by atoms with Crippen LogP contribution in [0.15, 0.2) is 60.7 Å². The molecule has 2 saturated heterocycles. The van der Waals surface area contributed by atoms with Crippen LogP contribution in [-0.4, -0.2) is 48.2 Å². The van der Waals surface area contributed by atoms with Gasteiger partial charge in [-0.3, -0.25) is 9.69 Å². The molecule has 2 aromatic rings. The molecular formula is C23H23NO6. The fourth-order valence-electron chi connectivity index (χ4n) is 4.41. The molecule has 1 amide bonds. The lowest BCUT2D eigenvalue weighted by Crippen LogP contribution is -2.41. The summed E-state index contributed by atoms with van der Waals surface area (Å²) in [5.41, 5.74) is 1.26. The van der Waals surface area contributed by atoms with E-state index in [0.717, 1.165) is 5.56 Å². The highest BCUT2D eigenvalue weighted by atomic mass is 16.6. The summed E-state index contributed by atoms with van der Waals surface area (Å²) < 4.78 is 16.2. The zero-order valence-corrected chi connectivity index (χ0v) is 16.6. The van der Waals surface area contributed by atoms with Crippen molar-refractivity contribution in [1.29, 1.82) is 0 Å². The maximum absolute atomic E-state index is 12.8. The molecule has 7 nitrogen and oxygen atoms in total. The second-order valence-electron chi connectivity index (χ2n) is 7.44. The van der Waals surface area contributed by atoms with E-state index in [0.29, 0.717) is 18.4 Å². The standard InChI is InChI=1S/C23H23NO6/c1-28-22(26)19-17-12-13-18(20(19)30-21(25)16-10-6-3-7-11-16)24(17)23(27)29-14-15-8-4-2-5-9-15/h2-11,17-20H,12-14H2,1H3. The van der Waals surface area contributed by atoms with Gasteiger partial charge >= 0.3 is 18.0 Å². The maximum Gasteiger partial charge on any atom is 0.410 e. The van der Waals surface area contributed by atoms with Gasteiger partial charge in [-0.25, -0.2) is 9.59 Å². The lowest BCUT2D eigenvalue weighted by atomic mass is 9.86. The summed E-state index contributed by atoms with van der Waals surface area (Å²) in [4.78, 5) is 39.5. The Morgan fingerprint density at radius 2 is 1.57 bits per heavy atom. The molecule has 2 aliphatic heterocycles. The number of hydrogen-bond acceptors (Lipinski definition) is 6. The third kappa shape index (κ3) is 3.75. The number of rotatable bonds is 5. The molecule has 0 aliphatic carbocycles. The number of hydrogen-bond donors (Lipinski definition) is 0. The molecule has 0 N–H and O–H groups in total. The van der Waals surface area contributed by atoms with Gasteiger partial charge in [-0.2, -0.15) is 0 Å². The number of ether oxygens (including phenoxy) is 3. The number of carbonyl (C=O) groups excluding carboxylic acids is 3. The molecular weight excluding hydrogens is 386 g/mol. The molecule has 30 heavy (non-hydrogen) atoms. The first-order valence-corrected chi connectivity index (χ1v) is 9.93. The number of benzene rings is 2. The van der Waals surface area contributed by atoms with E-state index in [2.05, 4.69) is 0 Å². The van der Waals surface area contributed by atoms with Gasteiger partial charge in [0, 0.05) is 0 Å². The number of amides is 1. The van der Waals surface area contributed by atoms with Gasteiger partial charge in [0.25, 0.3) is 0 Å². The largest absolute Gasteiger partial charge is 0.469 e. The first-order chi connectivity index (χ1) is 14.6. The van der Waals surface area contributed by atoms with Gasteiger partial charge < -0.3 is 14.2 Å². The van der Waals surface area contributed by atoms with E-state index in [1.807, 2.05) is 30.3 Å².